The Labute approximate surface area is 150 Å². The van der Waals surface area contributed by atoms with Gasteiger partial charge < -0.3 is 10.6 Å². The van der Waals surface area contributed by atoms with E-state index in [1.807, 2.05) is 0 Å². The molecule has 2 N–H and O–H groups in total. The van der Waals surface area contributed by atoms with Crippen LogP contribution in [0.25, 0.3) is 0 Å². The lowest BCUT2D eigenvalue weighted by Crippen LogP contribution is -2.58. The summed E-state index contributed by atoms with van der Waals surface area (Å²) < 4.78 is 0. The Balaban J connectivity index is 1.58. The second-order valence-corrected chi connectivity index (χ2v) is 8.95. The Kier molecular flexibility index (Phi) is 7.46. The van der Waals surface area contributed by atoms with Crippen molar-refractivity contribution in [3.8, 4) is 0 Å². The fourth-order valence-electron chi connectivity index (χ4n) is 5.91. The average molecular weight is 335 g/mol. The van der Waals surface area contributed by atoms with Crippen LogP contribution in [0, 0.1) is 11.8 Å². The first-order valence-electron chi connectivity index (χ1n) is 11.3. The molecule has 140 valence electrons. The van der Waals surface area contributed by atoms with E-state index >= 15 is 0 Å². The maximum absolute atomic E-state index is 4.17. The monoisotopic (exact) mass is 334 g/mol. The van der Waals surface area contributed by atoms with Crippen LogP contribution in [0.1, 0.15) is 104 Å². The zero-order valence-electron chi connectivity index (χ0n) is 16.4. The Morgan fingerprint density at radius 3 is 1.21 bits per heavy atom. The van der Waals surface area contributed by atoms with E-state index < -0.39 is 0 Å². The normalized spacial score (nSPS) is 41.2. The molecule has 0 radical (unpaired) electrons. The van der Waals surface area contributed by atoms with Crippen LogP contribution in [0.15, 0.2) is 0 Å². The molecular weight excluding hydrogens is 292 g/mol. The minimum absolute atomic E-state index is 0.732. The molecule has 0 aliphatic heterocycles. The van der Waals surface area contributed by atoms with Crippen molar-refractivity contribution in [2.75, 3.05) is 0 Å². The van der Waals surface area contributed by atoms with E-state index in [4.69, 9.17) is 0 Å². The van der Waals surface area contributed by atoms with Gasteiger partial charge in [-0.05, 0) is 50.4 Å². The third-order valence-electron chi connectivity index (χ3n) is 7.49. The zero-order chi connectivity index (χ0) is 16.8. The summed E-state index contributed by atoms with van der Waals surface area (Å²) in [6.45, 7) is 4.80. The summed E-state index contributed by atoms with van der Waals surface area (Å²) in [6, 6.07) is 3.06. The predicted molar refractivity (Wildman–Crippen MR) is 104 cm³/mol. The van der Waals surface area contributed by atoms with Gasteiger partial charge in [0, 0.05) is 24.2 Å². The lowest BCUT2D eigenvalue weighted by atomic mass is 9.79. The molecule has 0 aromatic heterocycles. The molecule has 3 fully saturated rings. The van der Waals surface area contributed by atoms with E-state index in [1.165, 1.54) is 89.9 Å². The first kappa shape index (κ1) is 18.7. The quantitative estimate of drug-likeness (QED) is 0.678. The van der Waals surface area contributed by atoms with Crippen LogP contribution in [-0.2, 0) is 0 Å². The van der Waals surface area contributed by atoms with Crippen molar-refractivity contribution >= 4 is 0 Å². The Morgan fingerprint density at radius 1 is 0.500 bits per heavy atom. The van der Waals surface area contributed by atoms with Crippen LogP contribution in [-0.4, -0.2) is 24.2 Å². The molecule has 6 unspecified atom stereocenters. The molecule has 0 amide bonds. The molecule has 3 saturated carbocycles. The predicted octanol–water partition coefficient (Wildman–Crippen LogP) is 5.41. The fourth-order valence-corrected chi connectivity index (χ4v) is 5.91. The van der Waals surface area contributed by atoms with Gasteiger partial charge in [-0.25, -0.2) is 0 Å². The van der Waals surface area contributed by atoms with Gasteiger partial charge in [-0.1, -0.05) is 65.2 Å². The first-order chi connectivity index (χ1) is 11.8. The first-order valence-corrected chi connectivity index (χ1v) is 11.3. The largest absolute Gasteiger partial charge is 0.309 e. The Bertz CT molecular complexity index is 322. The maximum atomic E-state index is 4.17. The summed E-state index contributed by atoms with van der Waals surface area (Å²) in [5, 5.41) is 8.34. The van der Waals surface area contributed by atoms with Crippen LogP contribution in [0.5, 0.6) is 0 Å². The third kappa shape index (κ3) is 4.75. The summed E-state index contributed by atoms with van der Waals surface area (Å²) in [4.78, 5) is 0. The molecule has 24 heavy (non-hydrogen) atoms. The van der Waals surface area contributed by atoms with Crippen molar-refractivity contribution in [2.24, 2.45) is 11.8 Å². The fraction of sp³-hybridized carbons (Fsp3) is 1.00. The summed E-state index contributed by atoms with van der Waals surface area (Å²) in [6.07, 6.45) is 20.0. The molecule has 6 atom stereocenters. The maximum Gasteiger partial charge on any atom is 0.0224 e. The van der Waals surface area contributed by atoms with E-state index in [9.17, 15) is 0 Å². The van der Waals surface area contributed by atoms with Crippen molar-refractivity contribution in [3.63, 3.8) is 0 Å². The highest BCUT2D eigenvalue weighted by Gasteiger charge is 2.33. The summed E-state index contributed by atoms with van der Waals surface area (Å²) >= 11 is 0. The standard InChI is InChI=1S/C22H42N2/c1-3-17-11-5-7-13-19(17)23-21-15-9-10-16-22(21)24-20-14-8-6-12-18(20)4-2/h17-24H,3-16H2,1-2H3. The van der Waals surface area contributed by atoms with Gasteiger partial charge in [0.25, 0.3) is 0 Å². The molecular formula is C22H42N2. The van der Waals surface area contributed by atoms with Crippen molar-refractivity contribution < 1.29 is 0 Å². The van der Waals surface area contributed by atoms with Crippen LogP contribution >= 0.6 is 0 Å². The summed E-state index contributed by atoms with van der Waals surface area (Å²) in [5.74, 6) is 1.86. The van der Waals surface area contributed by atoms with Gasteiger partial charge in [0.05, 0.1) is 0 Å². The van der Waals surface area contributed by atoms with Gasteiger partial charge in [0.15, 0.2) is 0 Å². The molecule has 3 rings (SSSR count). The third-order valence-corrected chi connectivity index (χ3v) is 7.49. The van der Waals surface area contributed by atoms with E-state index in [0.717, 1.165) is 36.0 Å². The van der Waals surface area contributed by atoms with Crippen LogP contribution in [0.4, 0.5) is 0 Å². The van der Waals surface area contributed by atoms with Gasteiger partial charge in [-0.3, -0.25) is 0 Å². The van der Waals surface area contributed by atoms with Gasteiger partial charge in [0.2, 0.25) is 0 Å². The lowest BCUT2D eigenvalue weighted by molar-refractivity contribution is 0.163. The highest BCUT2D eigenvalue weighted by molar-refractivity contribution is 4.94. The zero-order valence-corrected chi connectivity index (χ0v) is 16.4. The van der Waals surface area contributed by atoms with Crippen molar-refractivity contribution in [2.45, 2.75) is 128 Å². The highest BCUT2D eigenvalue weighted by Crippen LogP contribution is 2.31. The Hall–Kier alpha value is -0.0800. The molecule has 0 saturated heterocycles. The molecule has 2 nitrogen and oxygen atoms in total. The minimum atomic E-state index is 0.732. The van der Waals surface area contributed by atoms with Crippen molar-refractivity contribution in [1.82, 2.24) is 10.6 Å². The number of nitrogens with one attached hydrogen (secondary N) is 2. The SMILES string of the molecule is CCC1CCCCC1NC1CCCCC1NC1CCCCC1CC. The smallest absolute Gasteiger partial charge is 0.0224 e. The van der Waals surface area contributed by atoms with E-state index in [2.05, 4.69) is 24.5 Å². The molecule has 3 aliphatic carbocycles. The summed E-state index contributed by atoms with van der Waals surface area (Å²) in [5.41, 5.74) is 0. The number of rotatable bonds is 6. The van der Waals surface area contributed by atoms with Crippen molar-refractivity contribution in [3.05, 3.63) is 0 Å². The summed E-state index contributed by atoms with van der Waals surface area (Å²) in [7, 11) is 0. The van der Waals surface area contributed by atoms with Gasteiger partial charge >= 0.3 is 0 Å². The minimum Gasteiger partial charge on any atom is -0.309 e. The second-order valence-electron chi connectivity index (χ2n) is 8.95. The van der Waals surface area contributed by atoms with Gasteiger partial charge in [-0.2, -0.15) is 0 Å². The Morgan fingerprint density at radius 2 is 0.833 bits per heavy atom. The average Bonchev–Trinajstić information content (AvgIpc) is 2.64. The topological polar surface area (TPSA) is 24.1 Å². The van der Waals surface area contributed by atoms with E-state index in [1.54, 1.807) is 0 Å². The van der Waals surface area contributed by atoms with Gasteiger partial charge in [0.1, 0.15) is 0 Å². The van der Waals surface area contributed by atoms with E-state index in [0.29, 0.717) is 0 Å². The van der Waals surface area contributed by atoms with Crippen LogP contribution in [0.2, 0.25) is 0 Å². The molecule has 0 heterocycles. The van der Waals surface area contributed by atoms with Crippen LogP contribution in [0.3, 0.4) is 0 Å². The molecule has 0 aromatic carbocycles. The van der Waals surface area contributed by atoms with E-state index in [-0.39, 0.29) is 0 Å². The number of hydrogen-bond acceptors (Lipinski definition) is 2. The highest BCUT2D eigenvalue weighted by atomic mass is 15.1. The number of hydrogen-bond donors (Lipinski definition) is 2. The van der Waals surface area contributed by atoms with Gasteiger partial charge in [-0.15, -0.1) is 0 Å². The molecule has 0 spiro atoms. The lowest BCUT2D eigenvalue weighted by Gasteiger charge is -2.43. The molecule has 3 aliphatic rings. The second kappa shape index (κ2) is 9.57. The molecule has 0 bridgehead atoms. The van der Waals surface area contributed by atoms with Crippen molar-refractivity contribution in [1.29, 1.82) is 0 Å². The molecule has 0 aromatic rings. The van der Waals surface area contributed by atoms with Crippen LogP contribution < -0.4 is 10.6 Å². The molecule has 2 heteroatoms.